The molecular weight excluding hydrogens is 351 g/mol. The standard InChI is InChI=1S/C17H12F3N3OS/c18-9-6-12(19)15(13(20)7-9)10-3-4-25-14-2-1-8(5-11(10)14)16(24)23-17(21)22/h1-3,5-7H,4H2,(H4,21,22,23,24). The topological polar surface area (TPSA) is 81.5 Å². The van der Waals surface area contributed by atoms with Crippen LogP contribution in [0.4, 0.5) is 13.2 Å². The number of hydrogen-bond acceptors (Lipinski definition) is 2. The number of halogens is 3. The number of nitrogens with zero attached hydrogens (tertiary/aromatic N) is 1. The Balaban J connectivity index is 2.14. The van der Waals surface area contributed by atoms with E-state index in [9.17, 15) is 18.0 Å². The monoisotopic (exact) mass is 363 g/mol. The lowest BCUT2D eigenvalue weighted by atomic mass is 9.94. The number of rotatable bonds is 2. The van der Waals surface area contributed by atoms with Gasteiger partial charge in [0.2, 0.25) is 0 Å². The molecule has 1 aliphatic rings. The van der Waals surface area contributed by atoms with Crippen LogP contribution >= 0.6 is 11.8 Å². The second-order valence-electron chi connectivity index (χ2n) is 5.23. The van der Waals surface area contributed by atoms with Crippen molar-refractivity contribution in [3.05, 3.63) is 70.5 Å². The Kier molecular flexibility index (Phi) is 4.54. The lowest BCUT2D eigenvalue weighted by Gasteiger charge is -2.19. The first kappa shape index (κ1) is 17.1. The molecule has 1 amide bonds. The minimum atomic E-state index is -1.01. The van der Waals surface area contributed by atoms with Gasteiger partial charge in [0.25, 0.3) is 5.91 Å². The van der Waals surface area contributed by atoms with Crippen molar-refractivity contribution in [3.8, 4) is 0 Å². The minimum absolute atomic E-state index is 0.170. The van der Waals surface area contributed by atoms with E-state index in [2.05, 4.69) is 4.99 Å². The van der Waals surface area contributed by atoms with Crippen LogP contribution in [-0.2, 0) is 0 Å². The number of aliphatic imine (C=N–C) groups is 1. The van der Waals surface area contributed by atoms with E-state index in [0.717, 1.165) is 4.90 Å². The number of nitrogens with two attached hydrogens (primary N) is 2. The van der Waals surface area contributed by atoms with Gasteiger partial charge in [-0.1, -0.05) is 6.08 Å². The SMILES string of the molecule is NC(N)=NC(=O)c1ccc2c(c1)C(c1c(F)cc(F)cc1F)=CCS2. The van der Waals surface area contributed by atoms with Crippen LogP contribution < -0.4 is 11.5 Å². The maximum absolute atomic E-state index is 14.2. The van der Waals surface area contributed by atoms with E-state index in [-0.39, 0.29) is 22.7 Å². The summed E-state index contributed by atoms with van der Waals surface area (Å²) in [5.74, 6) is -3.59. The molecule has 0 saturated carbocycles. The van der Waals surface area contributed by atoms with Crippen LogP contribution in [0.25, 0.3) is 5.57 Å². The third-order valence-electron chi connectivity index (χ3n) is 3.55. The summed E-state index contributed by atoms with van der Waals surface area (Å²) in [6, 6.07) is 5.89. The number of fused-ring (bicyclic) bond motifs is 1. The van der Waals surface area contributed by atoms with Gasteiger partial charge in [0, 0.05) is 28.3 Å². The quantitative estimate of drug-likeness (QED) is 0.635. The third kappa shape index (κ3) is 3.39. The van der Waals surface area contributed by atoms with E-state index in [1.807, 2.05) is 0 Å². The lowest BCUT2D eigenvalue weighted by Crippen LogP contribution is -2.24. The van der Waals surface area contributed by atoms with Crippen molar-refractivity contribution in [1.82, 2.24) is 0 Å². The Hall–Kier alpha value is -2.74. The Bertz CT molecular complexity index is 914. The van der Waals surface area contributed by atoms with E-state index in [1.54, 1.807) is 12.1 Å². The highest BCUT2D eigenvalue weighted by molar-refractivity contribution is 7.99. The van der Waals surface area contributed by atoms with E-state index in [4.69, 9.17) is 11.5 Å². The van der Waals surface area contributed by atoms with Crippen LogP contribution in [0.15, 0.2) is 46.3 Å². The molecule has 2 aromatic carbocycles. The van der Waals surface area contributed by atoms with Crippen molar-refractivity contribution in [2.75, 3.05) is 5.75 Å². The van der Waals surface area contributed by atoms with Crippen LogP contribution in [0, 0.1) is 17.5 Å². The molecule has 8 heteroatoms. The smallest absolute Gasteiger partial charge is 0.280 e. The zero-order valence-electron chi connectivity index (χ0n) is 12.7. The molecule has 1 heterocycles. The number of thioether (sulfide) groups is 1. The van der Waals surface area contributed by atoms with Crippen molar-refractivity contribution in [1.29, 1.82) is 0 Å². The first-order chi connectivity index (χ1) is 11.9. The van der Waals surface area contributed by atoms with E-state index < -0.39 is 23.4 Å². The fourth-order valence-electron chi connectivity index (χ4n) is 2.54. The summed E-state index contributed by atoms with van der Waals surface area (Å²) in [6.07, 6.45) is 1.63. The first-order valence-electron chi connectivity index (χ1n) is 7.13. The van der Waals surface area contributed by atoms with Crippen LogP contribution in [0.2, 0.25) is 0 Å². The summed E-state index contributed by atoms with van der Waals surface area (Å²) in [6.45, 7) is 0. The maximum Gasteiger partial charge on any atom is 0.280 e. The Labute approximate surface area is 145 Å². The molecule has 0 radical (unpaired) electrons. The van der Waals surface area contributed by atoms with Gasteiger partial charge in [-0.05, 0) is 29.3 Å². The molecule has 2 aromatic rings. The average molecular weight is 363 g/mol. The maximum atomic E-state index is 14.2. The van der Waals surface area contributed by atoms with Gasteiger partial charge in [0.15, 0.2) is 5.96 Å². The molecule has 0 bridgehead atoms. The second kappa shape index (κ2) is 6.64. The first-order valence-corrected chi connectivity index (χ1v) is 8.11. The number of hydrogen-bond donors (Lipinski definition) is 2. The predicted molar refractivity (Wildman–Crippen MR) is 90.7 cm³/mol. The Morgan fingerprint density at radius 1 is 1.08 bits per heavy atom. The molecule has 0 atom stereocenters. The molecule has 25 heavy (non-hydrogen) atoms. The van der Waals surface area contributed by atoms with Crippen molar-refractivity contribution in [2.24, 2.45) is 16.5 Å². The molecular formula is C17H12F3N3OS. The zero-order chi connectivity index (χ0) is 18.1. The number of carbonyl (C=O) groups excluding carboxylic acids is 1. The summed E-state index contributed by atoms with van der Waals surface area (Å²) < 4.78 is 41.5. The molecule has 4 nitrogen and oxygen atoms in total. The van der Waals surface area contributed by atoms with Crippen molar-refractivity contribution in [3.63, 3.8) is 0 Å². The van der Waals surface area contributed by atoms with E-state index in [0.29, 0.717) is 23.4 Å². The predicted octanol–water partition coefficient (Wildman–Crippen LogP) is 3.05. The highest BCUT2D eigenvalue weighted by atomic mass is 32.2. The summed E-state index contributed by atoms with van der Waals surface area (Å²) >= 11 is 1.44. The summed E-state index contributed by atoms with van der Waals surface area (Å²) in [4.78, 5) is 16.2. The zero-order valence-corrected chi connectivity index (χ0v) is 13.5. The van der Waals surface area contributed by atoms with Gasteiger partial charge in [-0.3, -0.25) is 4.79 Å². The highest BCUT2D eigenvalue weighted by Gasteiger charge is 2.23. The van der Waals surface area contributed by atoms with Gasteiger partial charge < -0.3 is 11.5 Å². The molecule has 0 saturated heterocycles. The van der Waals surface area contributed by atoms with Gasteiger partial charge >= 0.3 is 0 Å². The number of carbonyl (C=O) groups is 1. The van der Waals surface area contributed by atoms with Gasteiger partial charge in [0.05, 0.1) is 5.56 Å². The van der Waals surface area contributed by atoms with Crippen LogP contribution in [0.3, 0.4) is 0 Å². The molecule has 3 rings (SSSR count). The van der Waals surface area contributed by atoms with Gasteiger partial charge in [-0.25, -0.2) is 13.2 Å². The largest absolute Gasteiger partial charge is 0.370 e. The molecule has 0 fully saturated rings. The molecule has 4 N–H and O–H groups in total. The molecule has 1 aliphatic heterocycles. The van der Waals surface area contributed by atoms with Gasteiger partial charge in [-0.2, -0.15) is 4.99 Å². The van der Waals surface area contributed by atoms with Crippen LogP contribution in [0.5, 0.6) is 0 Å². The van der Waals surface area contributed by atoms with E-state index >= 15 is 0 Å². The Morgan fingerprint density at radius 3 is 2.40 bits per heavy atom. The summed E-state index contributed by atoms with van der Waals surface area (Å²) in [5.41, 5.74) is 10.9. The van der Waals surface area contributed by atoms with Crippen molar-refractivity contribution >= 4 is 29.2 Å². The lowest BCUT2D eigenvalue weighted by molar-refractivity contribution is 0.100. The molecule has 0 unspecified atom stereocenters. The summed E-state index contributed by atoms with van der Waals surface area (Å²) in [5, 5.41) is 0. The minimum Gasteiger partial charge on any atom is -0.370 e. The summed E-state index contributed by atoms with van der Waals surface area (Å²) in [7, 11) is 0. The number of amides is 1. The van der Waals surface area contributed by atoms with Gasteiger partial charge in [-0.15, -0.1) is 11.8 Å². The van der Waals surface area contributed by atoms with Crippen LogP contribution in [0.1, 0.15) is 21.5 Å². The van der Waals surface area contributed by atoms with Crippen molar-refractivity contribution in [2.45, 2.75) is 4.90 Å². The van der Waals surface area contributed by atoms with Crippen molar-refractivity contribution < 1.29 is 18.0 Å². The average Bonchev–Trinajstić information content (AvgIpc) is 2.53. The number of guanidine groups is 1. The Morgan fingerprint density at radius 2 is 1.76 bits per heavy atom. The third-order valence-corrected chi connectivity index (χ3v) is 4.55. The molecule has 128 valence electrons. The fourth-order valence-corrected chi connectivity index (χ4v) is 3.46. The molecule has 0 spiro atoms. The second-order valence-corrected chi connectivity index (χ2v) is 6.29. The molecule has 0 aliphatic carbocycles. The fraction of sp³-hybridized carbons (Fsp3) is 0.0588. The van der Waals surface area contributed by atoms with E-state index in [1.165, 1.54) is 23.9 Å². The van der Waals surface area contributed by atoms with Crippen LogP contribution in [-0.4, -0.2) is 17.6 Å². The highest BCUT2D eigenvalue weighted by Crippen LogP contribution is 2.39. The van der Waals surface area contributed by atoms with Gasteiger partial charge in [0.1, 0.15) is 17.5 Å². The number of benzene rings is 2. The normalized spacial score (nSPS) is 13.0. The molecule has 0 aromatic heterocycles.